The van der Waals surface area contributed by atoms with Gasteiger partial charge in [0.25, 0.3) is 11.8 Å². The lowest BCUT2D eigenvalue weighted by Crippen LogP contribution is -2.60. The number of rotatable bonds is 5. The first-order valence-electron chi connectivity index (χ1n) is 12.9. The lowest BCUT2D eigenvalue weighted by molar-refractivity contribution is -0.128. The Kier molecular flexibility index (Phi) is 7.51. The topological polar surface area (TPSA) is 88.2 Å². The largest absolute Gasteiger partial charge is 0.376 e. The van der Waals surface area contributed by atoms with E-state index in [2.05, 4.69) is 5.32 Å². The molecule has 0 aromatic heterocycles. The van der Waals surface area contributed by atoms with Gasteiger partial charge in [-0.2, -0.15) is 0 Å². The van der Waals surface area contributed by atoms with Crippen LogP contribution >= 0.6 is 11.6 Å². The predicted octanol–water partition coefficient (Wildman–Crippen LogP) is 3.42. The van der Waals surface area contributed by atoms with E-state index in [1.54, 1.807) is 40.1 Å². The maximum atomic E-state index is 13.9. The third-order valence-electron chi connectivity index (χ3n) is 7.59. The first kappa shape index (κ1) is 25.7. The highest BCUT2D eigenvalue weighted by Gasteiger charge is 2.54. The van der Waals surface area contributed by atoms with Gasteiger partial charge in [-0.15, -0.1) is 0 Å². The van der Waals surface area contributed by atoms with Crippen molar-refractivity contribution in [2.45, 2.75) is 50.5 Å². The summed E-state index contributed by atoms with van der Waals surface area (Å²) in [5.41, 5.74) is 0.939. The van der Waals surface area contributed by atoms with Crippen LogP contribution in [0.5, 0.6) is 0 Å². The van der Waals surface area contributed by atoms with Crippen LogP contribution in [0.4, 0.5) is 0 Å². The first-order valence-corrected chi connectivity index (χ1v) is 13.2. The summed E-state index contributed by atoms with van der Waals surface area (Å²) in [6.07, 6.45) is 2.71. The molecule has 3 amide bonds. The van der Waals surface area contributed by atoms with Crippen LogP contribution in [0.25, 0.3) is 0 Å². The Morgan fingerprint density at radius 1 is 1.08 bits per heavy atom. The molecule has 1 N–H and O–H groups in total. The van der Waals surface area contributed by atoms with E-state index in [4.69, 9.17) is 21.1 Å². The van der Waals surface area contributed by atoms with Gasteiger partial charge in [0.1, 0.15) is 11.8 Å². The van der Waals surface area contributed by atoms with Crippen LogP contribution in [0.1, 0.15) is 52.0 Å². The van der Waals surface area contributed by atoms with Crippen molar-refractivity contribution in [2.24, 2.45) is 0 Å². The second kappa shape index (κ2) is 10.8. The number of likely N-dealkylation sites (tertiary alicyclic amines) is 1. The Labute approximate surface area is 221 Å². The molecule has 3 aliphatic rings. The van der Waals surface area contributed by atoms with Crippen molar-refractivity contribution in [3.63, 3.8) is 0 Å². The molecule has 8 nitrogen and oxygen atoms in total. The van der Waals surface area contributed by atoms with Crippen LogP contribution in [-0.4, -0.2) is 78.2 Å². The number of aryl methyl sites for hydroxylation is 1. The van der Waals surface area contributed by atoms with Crippen molar-refractivity contribution in [3.8, 4) is 0 Å². The molecule has 5 rings (SSSR count). The zero-order chi connectivity index (χ0) is 26.0. The van der Waals surface area contributed by atoms with Crippen molar-refractivity contribution in [1.82, 2.24) is 15.1 Å². The van der Waals surface area contributed by atoms with Gasteiger partial charge in [0.15, 0.2) is 0 Å². The monoisotopic (exact) mass is 525 g/mol. The summed E-state index contributed by atoms with van der Waals surface area (Å²) in [7, 11) is 0. The fraction of sp³-hybridized carbons (Fsp3) is 0.464. The highest BCUT2D eigenvalue weighted by Crippen LogP contribution is 2.39. The molecule has 3 heterocycles. The molecule has 0 radical (unpaired) electrons. The summed E-state index contributed by atoms with van der Waals surface area (Å²) in [4.78, 5) is 43.7. The van der Waals surface area contributed by atoms with Gasteiger partial charge in [0.05, 0.1) is 12.7 Å². The molecule has 0 saturated carbocycles. The van der Waals surface area contributed by atoms with E-state index in [-0.39, 0.29) is 30.4 Å². The SMILES string of the molecule is Cc1ccccc1C(=O)N1C(C(=O)NCC2CCCO2)COC12CCN(C(=O)c1cccc(Cl)c1)CC2. The van der Waals surface area contributed by atoms with Gasteiger partial charge in [0, 0.05) is 55.2 Å². The molecule has 2 aromatic rings. The van der Waals surface area contributed by atoms with E-state index < -0.39 is 11.8 Å². The van der Waals surface area contributed by atoms with Crippen LogP contribution in [0, 0.1) is 6.92 Å². The van der Waals surface area contributed by atoms with Gasteiger partial charge >= 0.3 is 0 Å². The number of ether oxygens (including phenoxy) is 2. The molecule has 2 aromatic carbocycles. The summed E-state index contributed by atoms with van der Waals surface area (Å²) in [6.45, 7) is 3.91. The number of nitrogens with one attached hydrogen (secondary N) is 1. The molecule has 0 bridgehead atoms. The van der Waals surface area contributed by atoms with Crippen molar-refractivity contribution in [3.05, 3.63) is 70.2 Å². The lowest BCUT2D eigenvalue weighted by Gasteiger charge is -2.44. The maximum Gasteiger partial charge on any atom is 0.257 e. The molecule has 3 aliphatic heterocycles. The van der Waals surface area contributed by atoms with Crippen LogP contribution in [0.3, 0.4) is 0 Å². The van der Waals surface area contributed by atoms with Crippen molar-refractivity contribution < 1.29 is 23.9 Å². The van der Waals surface area contributed by atoms with Gasteiger partial charge in [-0.25, -0.2) is 0 Å². The molecule has 0 aliphatic carbocycles. The third kappa shape index (κ3) is 5.23. The van der Waals surface area contributed by atoms with Crippen LogP contribution in [0.2, 0.25) is 5.02 Å². The Morgan fingerprint density at radius 2 is 1.86 bits per heavy atom. The van der Waals surface area contributed by atoms with Crippen molar-refractivity contribution in [1.29, 1.82) is 0 Å². The molecule has 196 valence electrons. The molecule has 3 saturated heterocycles. The van der Waals surface area contributed by atoms with Gasteiger partial charge in [-0.1, -0.05) is 35.9 Å². The minimum absolute atomic E-state index is 0.00138. The summed E-state index contributed by atoms with van der Waals surface area (Å²) >= 11 is 6.08. The standard InChI is InChI=1S/C28H32ClN3O5/c1-19-6-2-3-10-23(19)27(35)32-24(25(33)30-17-22-9-5-15-36-22)18-37-28(32)11-13-31(14-12-28)26(34)20-7-4-8-21(29)16-20/h2-4,6-8,10,16,22,24H,5,9,11-15,17-18H2,1H3,(H,30,33). The quantitative estimate of drug-likeness (QED) is 0.646. The Hall–Kier alpha value is -2.94. The van der Waals surface area contributed by atoms with E-state index in [1.807, 2.05) is 25.1 Å². The van der Waals surface area contributed by atoms with Gasteiger partial charge in [-0.3, -0.25) is 19.3 Å². The first-order chi connectivity index (χ1) is 17.9. The fourth-order valence-corrected chi connectivity index (χ4v) is 5.70. The summed E-state index contributed by atoms with van der Waals surface area (Å²) < 4.78 is 11.9. The number of piperidine rings is 1. The van der Waals surface area contributed by atoms with E-state index in [9.17, 15) is 14.4 Å². The molecule has 1 spiro atoms. The zero-order valence-electron chi connectivity index (χ0n) is 21.0. The normalized spacial score (nSPS) is 22.9. The van der Waals surface area contributed by atoms with Gasteiger partial charge in [-0.05, 0) is 49.6 Å². The Balaban J connectivity index is 1.36. The highest BCUT2D eigenvalue weighted by atomic mass is 35.5. The zero-order valence-corrected chi connectivity index (χ0v) is 21.7. The second-order valence-corrected chi connectivity index (χ2v) is 10.4. The number of carbonyl (C=O) groups is 3. The number of carbonyl (C=O) groups excluding carboxylic acids is 3. The number of nitrogens with zero attached hydrogens (tertiary/aromatic N) is 2. The minimum Gasteiger partial charge on any atom is -0.376 e. The van der Waals surface area contributed by atoms with E-state index in [1.165, 1.54) is 0 Å². The molecular formula is C28H32ClN3O5. The summed E-state index contributed by atoms with van der Waals surface area (Å²) in [5.74, 6) is -0.591. The molecule has 3 fully saturated rings. The summed E-state index contributed by atoms with van der Waals surface area (Å²) in [6, 6.07) is 13.5. The van der Waals surface area contributed by atoms with Crippen molar-refractivity contribution in [2.75, 3.05) is 32.8 Å². The van der Waals surface area contributed by atoms with Crippen LogP contribution < -0.4 is 5.32 Å². The van der Waals surface area contributed by atoms with Gasteiger partial charge < -0.3 is 19.7 Å². The van der Waals surface area contributed by atoms with Gasteiger partial charge in [0.2, 0.25) is 5.91 Å². The number of hydrogen-bond acceptors (Lipinski definition) is 5. The maximum absolute atomic E-state index is 13.9. The minimum atomic E-state index is -0.962. The fourth-order valence-electron chi connectivity index (χ4n) is 5.51. The Morgan fingerprint density at radius 3 is 2.57 bits per heavy atom. The average Bonchev–Trinajstić information content (AvgIpc) is 3.56. The third-order valence-corrected chi connectivity index (χ3v) is 7.82. The summed E-state index contributed by atoms with van der Waals surface area (Å²) in [5, 5.41) is 3.48. The average molecular weight is 526 g/mol. The van der Waals surface area contributed by atoms with Crippen molar-refractivity contribution >= 4 is 29.3 Å². The molecular weight excluding hydrogens is 494 g/mol. The van der Waals surface area contributed by atoms with E-state index in [0.717, 1.165) is 18.4 Å². The van der Waals surface area contributed by atoms with E-state index >= 15 is 0 Å². The number of hydrogen-bond donors (Lipinski definition) is 1. The van der Waals surface area contributed by atoms with E-state index in [0.29, 0.717) is 55.2 Å². The highest BCUT2D eigenvalue weighted by molar-refractivity contribution is 6.30. The molecule has 9 heteroatoms. The lowest BCUT2D eigenvalue weighted by atomic mass is 9.95. The Bertz CT molecular complexity index is 1170. The predicted molar refractivity (Wildman–Crippen MR) is 138 cm³/mol. The van der Waals surface area contributed by atoms with Crippen LogP contribution in [-0.2, 0) is 14.3 Å². The molecule has 2 unspecified atom stereocenters. The molecule has 37 heavy (non-hydrogen) atoms. The second-order valence-electron chi connectivity index (χ2n) is 9.95. The number of halogens is 1. The smallest absolute Gasteiger partial charge is 0.257 e. The number of amides is 3. The molecule has 2 atom stereocenters. The van der Waals surface area contributed by atoms with Crippen LogP contribution in [0.15, 0.2) is 48.5 Å². The number of benzene rings is 2.